The minimum Gasteiger partial charge on any atom is -0.479 e. The Balaban J connectivity index is 1.72. The van der Waals surface area contributed by atoms with Crippen molar-refractivity contribution < 1.29 is 27.5 Å². The molecule has 2 rings (SSSR count). The van der Waals surface area contributed by atoms with Crippen molar-refractivity contribution in [1.82, 2.24) is 5.32 Å². The van der Waals surface area contributed by atoms with Gasteiger partial charge in [-0.05, 0) is 25.5 Å². The number of carbonyl (C=O) groups is 2. The van der Waals surface area contributed by atoms with Crippen LogP contribution in [0.25, 0.3) is 0 Å². The molecule has 0 radical (unpaired) electrons. The van der Waals surface area contributed by atoms with Gasteiger partial charge >= 0.3 is 5.97 Å². The predicted octanol–water partition coefficient (Wildman–Crippen LogP) is 0.300. The Kier molecular flexibility index (Phi) is 5.59. The number of esters is 1. The number of ether oxygens (including phenoxy) is 2. The lowest BCUT2D eigenvalue weighted by molar-refractivity contribution is -0.154. The molecule has 1 aliphatic rings. The molecule has 1 aromatic rings. The van der Waals surface area contributed by atoms with Gasteiger partial charge in [-0.15, -0.1) is 0 Å². The highest BCUT2D eigenvalue weighted by atomic mass is 32.2. The lowest BCUT2D eigenvalue weighted by Gasteiger charge is -2.15. The minimum absolute atomic E-state index is 0.0691. The molecule has 0 spiro atoms. The molecule has 1 fully saturated rings. The van der Waals surface area contributed by atoms with Crippen molar-refractivity contribution in [1.29, 1.82) is 0 Å². The number of benzene rings is 1. The fraction of sp³-hybridized carbons (Fsp3) is 0.467. The van der Waals surface area contributed by atoms with Gasteiger partial charge in [-0.1, -0.05) is 18.2 Å². The largest absolute Gasteiger partial charge is 0.479 e. The first-order chi connectivity index (χ1) is 10.9. The fourth-order valence-electron chi connectivity index (χ4n) is 2.18. The molecule has 1 saturated heterocycles. The Morgan fingerprint density at radius 3 is 2.61 bits per heavy atom. The summed E-state index contributed by atoms with van der Waals surface area (Å²) in [5, 5.41) is 2.54. The van der Waals surface area contributed by atoms with E-state index < -0.39 is 40.5 Å². The molecule has 1 aromatic carbocycles. The summed E-state index contributed by atoms with van der Waals surface area (Å²) in [4.78, 5) is 23.4. The number of para-hydroxylation sites is 1. The van der Waals surface area contributed by atoms with Crippen molar-refractivity contribution in [3.63, 3.8) is 0 Å². The van der Waals surface area contributed by atoms with E-state index in [4.69, 9.17) is 9.47 Å². The van der Waals surface area contributed by atoms with Crippen LogP contribution in [0.3, 0.4) is 0 Å². The van der Waals surface area contributed by atoms with E-state index in [0.717, 1.165) is 0 Å². The zero-order chi connectivity index (χ0) is 16.9. The highest BCUT2D eigenvalue weighted by Crippen LogP contribution is 2.12. The van der Waals surface area contributed by atoms with Gasteiger partial charge in [0.2, 0.25) is 0 Å². The lowest BCUT2D eigenvalue weighted by atomic mass is 10.2. The SMILES string of the molecule is C[C@H](Oc1ccccc1)C(=O)OCC(=O)N[C@H]1CCS(=O)(=O)C1. The molecule has 0 aliphatic carbocycles. The zero-order valence-electron chi connectivity index (χ0n) is 12.7. The Morgan fingerprint density at radius 2 is 2.00 bits per heavy atom. The van der Waals surface area contributed by atoms with E-state index in [9.17, 15) is 18.0 Å². The molecule has 126 valence electrons. The van der Waals surface area contributed by atoms with Crippen molar-refractivity contribution in [2.45, 2.75) is 25.5 Å². The zero-order valence-corrected chi connectivity index (χ0v) is 13.5. The quantitative estimate of drug-likeness (QED) is 0.747. The average molecular weight is 341 g/mol. The molecule has 0 bridgehead atoms. The van der Waals surface area contributed by atoms with Gasteiger partial charge in [0.25, 0.3) is 5.91 Å². The summed E-state index contributed by atoms with van der Waals surface area (Å²) >= 11 is 0. The molecule has 0 aromatic heterocycles. The normalized spacial score (nSPS) is 20.5. The molecular formula is C15H19NO6S. The summed E-state index contributed by atoms with van der Waals surface area (Å²) in [6, 6.07) is 8.37. The van der Waals surface area contributed by atoms with Gasteiger partial charge < -0.3 is 14.8 Å². The average Bonchev–Trinajstić information content (AvgIpc) is 2.84. The molecule has 1 heterocycles. The molecule has 0 saturated carbocycles. The summed E-state index contributed by atoms with van der Waals surface area (Å²) < 4.78 is 32.9. The Bertz CT molecular complexity index is 658. The Morgan fingerprint density at radius 1 is 1.30 bits per heavy atom. The summed E-state index contributed by atoms with van der Waals surface area (Å²) in [7, 11) is -3.06. The summed E-state index contributed by atoms with van der Waals surface area (Å²) in [5.74, 6) is -0.659. The minimum atomic E-state index is -3.06. The van der Waals surface area contributed by atoms with Crippen LogP contribution in [0.15, 0.2) is 30.3 Å². The predicted molar refractivity (Wildman–Crippen MR) is 82.7 cm³/mol. The Labute approximate surface area is 134 Å². The lowest BCUT2D eigenvalue weighted by Crippen LogP contribution is -2.39. The first-order valence-electron chi connectivity index (χ1n) is 7.24. The maximum Gasteiger partial charge on any atom is 0.347 e. The van der Waals surface area contributed by atoms with Crippen molar-refractivity contribution >= 4 is 21.7 Å². The standard InChI is InChI=1S/C15H19NO6S/c1-11(22-13-5-3-2-4-6-13)15(18)21-9-14(17)16-12-7-8-23(19,20)10-12/h2-6,11-12H,7-10H2,1H3,(H,16,17)/t11-,12-/m0/s1. The number of hydrogen-bond donors (Lipinski definition) is 1. The highest BCUT2D eigenvalue weighted by molar-refractivity contribution is 7.91. The van der Waals surface area contributed by atoms with Crippen LogP contribution in [0.1, 0.15) is 13.3 Å². The number of rotatable bonds is 6. The van der Waals surface area contributed by atoms with Crippen LogP contribution in [-0.2, 0) is 24.2 Å². The maximum atomic E-state index is 11.8. The van der Waals surface area contributed by atoms with Gasteiger partial charge in [0, 0.05) is 6.04 Å². The number of hydrogen-bond acceptors (Lipinski definition) is 6. The van der Waals surface area contributed by atoms with Crippen molar-refractivity contribution in [2.24, 2.45) is 0 Å². The van der Waals surface area contributed by atoms with Gasteiger partial charge in [-0.3, -0.25) is 4.79 Å². The highest BCUT2D eigenvalue weighted by Gasteiger charge is 2.29. The fourth-order valence-corrected chi connectivity index (χ4v) is 3.86. The van der Waals surface area contributed by atoms with Gasteiger partial charge in [0.1, 0.15) is 5.75 Å². The van der Waals surface area contributed by atoms with E-state index in [1.54, 1.807) is 24.3 Å². The van der Waals surface area contributed by atoms with E-state index in [1.165, 1.54) is 6.92 Å². The molecule has 2 atom stereocenters. The molecule has 1 amide bonds. The van der Waals surface area contributed by atoms with Crippen LogP contribution in [0.2, 0.25) is 0 Å². The van der Waals surface area contributed by atoms with Crippen molar-refractivity contribution in [2.75, 3.05) is 18.1 Å². The number of sulfone groups is 1. The third kappa shape index (κ3) is 5.55. The number of nitrogens with one attached hydrogen (secondary N) is 1. The maximum absolute atomic E-state index is 11.8. The van der Waals surface area contributed by atoms with Crippen LogP contribution >= 0.6 is 0 Å². The van der Waals surface area contributed by atoms with Crippen molar-refractivity contribution in [3.05, 3.63) is 30.3 Å². The van der Waals surface area contributed by atoms with Gasteiger partial charge in [-0.25, -0.2) is 13.2 Å². The molecular weight excluding hydrogens is 322 g/mol. The monoisotopic (exact) mass is 341 g/mol. The second-order valence-corrected chi connectivity index (χ2v) is 7.58. The third-order valence-corrected chi connectivity index (χ3v) is 5.10. The summed E-state index contributed by atoms with van der Waals surface area (Å²) in [6.45, 7) is 1.06. The van der Waals surface area contributed by atoms with E-state index in [0.29, 0.717) is 12.2 Å². The van der Waals surface area contributed by atoms with Crippen LogP contribution < -0.4 is 10.1 Å². The molecule has 1 aliphatic heterocycles. The summed E-state index contributed by atoms with van der Waals surface area (Å²) in [6.07, 6.45) is -0.465. The van der Waals surface area contributed by atoms with E-state index >= 15 is 0 Å². The smallest absolute Gasteiger partial charge is 0.347 e. The first kappa shape index (κ1) is 17.3. The first-order valence-corrected chi connectivity index (χ1v) is 9.06. The topological polar surface area (TPSA) is 98.8 Å². The molecule has 8 heteroatoms. The number of amides is 1. The molecule has 23 heavy (non-hydrogen) atoms. The number of carbonyl (C=O) groups excluding carboxylic acids is 2. The second kappa shape index (κ2) is 7.45. The second-order valence-electron chi connectivity index (χ2n) is 5.35. The molecule has 1 N–H and O–H groups in total. The van der Waals surface area contributed by atoms with Gasteiger partial charge in [0.05, 0.1) is 11.5 Å². The van der Waals surface area contributed by atoms with Crippen molar-refractivity contribution in [3.8, 4) is 5.75 Å². The van der Waals surface area contributed by atoms with Crippen LogP contribution in [0.5, 0.6) is 5.75 Å². The van der Waals surface area contributed by atoms with E-state index in [1.807, 2.05) is 6.07 Å². The van der Waals surface area contributed by atoms with Crippen LogP contribution in [0.4, 0.5) is 0 Å². The molecule has 7 nitrogen and oxygen atoms in total. The molecule has 0 unspecified atom stereocenters. The van der Waals surface area contributed by atoms with E-state index in [2.05, 4.69) is 5.32 Å². The van der Waals surface area contributed by atoms with Gasteiger partial charge in [0.15, 0.2) is 22.5 Å². The third-order valence-electron chi connectivity index (χ3n) is 3.33. The van der Waals surface area contributed by atoms with Gasteiger partial charge in [-0.2, -0.15) is 0 Å². The van der Waals surface area contributed by atoms with Crippen LogP contribution in [0, 0.1) is 0 Å². The summed E-state index contributed by atoms with van der Waals surface area (Å²) in [5.41, 5.74) is 0. The Hall–Kier alpha value is -2.09. The van der Waals surface area contributed by atoms with Crippen LogP contribution in [-0.4, -0.2) is 50.6 Å². The van der Waals surface area contributed by atoms with E-state index in [-0.39, 0.29) is 11.5 Å².